The van der Waals surface area contributed by atoms with Crippen molar-refractivity contribution in [3.8, 4) is 0 Å². The van der Waals surface area contributed by atoms with Gasteiger partial charge < -0.3 is 10.2 Å². The summed E-state index contributed by atoms with van der Waals surface area (Å²) >= 11 is 5.94. The minimum Gasteiger partial charge on any atom is -0.339 e. The molecule has 21 heavy (non-hydrogen) atoms. The molecule has 1 atom stereocenters. The highest BCUT2D eigenvalue weighted by Gasteiger charge is 2.21. The van der Waals surface area contributed by atoms with Crippen LogP contribution in [0.1, 0.15) is 24.9 Å². The van der Waals surface area contributed by atoms with Gasteiger partial charge in [0, 0.05) is 37.2 Å². The van der Waals surface area contributed by atoms with Crippen molar-refractivity contribution in [1.29, 1.82) is 0 Å². The number of carbonyl (C=O) groups excluding carboxylic acids is 1. The van der Waals surface area contributed by atoms with Gasteiger partial charge in [0.2, 0.25) is 5.91 Å². The van der Waals surface area contributed by atoms with E-state index < -0.39 is 0 Å². The molecule has 1 unspecified atom stereocenters. The minimum atomic E-state index is 0.214. The van der Waals surface area contributed by atoms with Crippen LogP contribution in [0.15, 0.2) is 24.3 Å². The number of piperazine rings is 1. The van der Waals surface area contributed by atoms with E-state index >= 15 is 0 Å². The Morgan fingerprint density at radius 2 is 1.95 bits per heavy atom. The van der Waals surface area contributed by atoms with Gasteiger partial charge in [-0.05, 0) is 31.2 Å². The van der Waals surface area contributed by atoms with E-state index in [2.05, 4.69) is 17.1 Å². The number of carbonyl (C=O) groups is 1. The van der Waals surface area contributed by atoms with E-state index in [0.717, 1.165) is 37.6 Å². The summed E-state index contributed by atoms with van der Waals surface area (Å²) in [5, 5.41) is 4.01. The van der Waals surface area contributed by atoms with Gasteiger partial charge in [-0.1, -0.05) is 30.7 Å². The van der Waals surface area contributed by atoms with Crippen molar-refractivity contribution in [1.82, 2.24) is 15.1 Å². The maximum atomic E-state index is 12.3. The van der Waals surface area contributed by atoms with Crippen LogP contribution in [0.2, 0.25) is 5.02 Å². The van der Waals surface area contributed by atoms with Gasteiger partial charge in [-0.2, -0.15) is 0 Å². The van der Waals surface area contributed by atoms with Gasteiger partial charge in [0.1, 0.15) is 0 Å². The van der Waals surface area contributed by atoms with Crippen molar-refractivity contribution >= 4 is 17.5 Å². The smallest absolute Gasteiger partial charge is 0.236 e. The summed E-state index contributed by atoms with van der Waals surface area (Å²) < 4.78 is 0. The van der Waals surface area contributed by atoms with Gasteiger partial charge in [0.15, 0.2) is 0 Å². The Morgan fingerprint density at radius 1 is 1.33 bits per heavy atom. The molecular formula is C16H24ClN3O. The summed E-state index contributed by atoms with van der Waals surface area (Å²) in [6, 6.07) is 8.15. The molecule has 1 heterocycles. The zero-order valence-electron chi connectivity index (χ0n) is 12.8. The standard InChI is InChI=1S/C16H24ClN3O/c1-3-15(13-4-6-14(17)7-5-13)19(2)12-16(21)20-10-8-18-9-11-20/h4-7,15,18H,3,8-12H2,1-2H3. The van der Waals surface area contributed by atoms with Crippen LogP contribution < -0.4 is 5.32 Å². The van der Waals surface area contributed by atoms with E-state index in [9.17, 15) is 4.79 Å². The van der Waals surface area contributed by atoms with Crippen LogP contribution in [0.25, 0.3) is 0 Å². The molecule has 5 heteroatoms. The lowest BCUT2D eigenvalue weighted by atomic mass is 10.0. The van der Waals surface area contributed by atoms with Crippen molar-refractivity contribution in [3.05, 3.63) is 34.9 Å². The lowest BCUT2D eigenvalue weighted by Crippen LogP contribution is -2.49. The maximum Gasteiger partial charge on any atom is 0.236 e. The van der Waals surface area contributed by atoms with Crippen LogP contribution in [0.4, 0.5) is 0 Å². The first kappa shape index (κ1) is 16.3. The van der Waals surface area contributed by atoms with Crippen molar-refractivity contribution < 1.29 is 4.79 Å². The fourth-order valence-electron chi connectivity index (χ4n) is 2.82. The molecule has 4 nitrogen and oxygen atoms in total. The molecule has 0 radical (unpaired) electrons. The molecule has 1 amide bonds. The van der Waals surface area contributed by atoms with Crippen molar-refractivity contribution in [2.45, 2.75) is 19.4 Å². The summed E-state index contributed by atoms with van der Waals surface area (Å²) in [5.74, 6) is 0.214. The molecule has 1 fully saturated rings. The Bertz CT molecular complexity index is 457. The number of nitrogens with one attached hydrogen (secondary N) is 1. The Morgan fingerprint density at radius 3 is 2.52 bits per heavy atom. The van der Waals surface area contributed by atoms with Crippen LogP contribution in [0, 0.1) is 0 Å². The second-order valence-electron chi connectivity index (χ2n) is 5.52. The predicted molar refractivity (Wildman–Crippen MR) is 86.6 cm³/mol. The van der Waals surface area contributed by atoms with Gasteiger partial charge in [0.25, 0.3) is 0 Å². The van der Waals surface area contributed by atoms with Gasteiger partial charge in [0.05, 0.1) is 6.54 Å². The van der Waals surface area contributed by atoms with Crippen LogP contribution in [-0.2, 0) is 4.79 Å². The minimum absolute atomic E-state index is 0.214. The second kappa shape index (κ2) is 7.78. The zero-order valence-corrected chi connectivity index (χ0v) is 13.6. The van der Waals surface area contributed by atoms with E-state index in [1.165, 1.54) is 5.56 Å². The molecule has 0 aliphatic carbocycles. The Hall–Kier alpha value is -1.10. The normalized spacial score (nSPS) is 17.0. The summed E-state index contributed by atoms with van der Waals surface area (Å²) in [6.07, 6.45) is 0.965. The van der Waals surface area contributed by atoms with Crippen LogP contribution >= 0.6 is 11.6 Å². The van der Waals surface area contributed by atoms with Crippen LogP contribution in [0.5, 0.6) is 0 Å². The fraction of sp³-hybridized carbons (Fsp3) is 0.562. The van der Waals surface area contributed by atoms with E-state index in [-0.39, 0.29) is 11.9 Å². The average molecular weight is 310 g/mol. The first-order valence-corrected chi connectivity index (χ1v) is 7.93. The molecule has 116 valence electrons. The third-order valence-electron chi connectivity index (χ3n) is 4.03. The number of benzene rings is 1. The fourth-order valence-corrected chi connectivity index (χ4v) is 2.95. The molecule has 1 saturated heterocycles. The number of likely N-dealkylation sites (N-methyl/N-ethyl adjacent to an activating group) is 1. The predicted octanol–water partition coefficient (Wildman–Crippen LogP) is 2.15. The topological polar surface area (TPSA) is 35.6 Å². The molecule has 1 aliphatic rings. The number of amides is 1. The summed E-state index contributed by atoms with van der Waals surface area (Å²) in [6.45, 7) is 6.01. The number of rotatable bonds is 5. The van der Waals surface area contributed by atoms with Gasteiger partial charge >= 0.3 is 0 Å². The van der Waals surface area contributed by atoms with E-state index in [1.807, 2.05) is 36.2 Å². The Balaban J connectivity index is 1.97. The molecule has 0 bridgehead atoms. The molecule has 0 aromatic heterocycles. The molecule has 1 aliphatic heterocycles. The third-order valence-corrected chi connectivity index (χ3v) is 4.28. The number of hydrogen-bond acceptors (Lipinski definition) is 3. The Kier molecular flexibility index (Phi) is 6.03. The SMILES string of the molecule is CCC(c1ccc(Cl)cc1)N(C)CC(=O)N1CCNCC1. The van der Waals surface area contributed by atoms with Crippen LogP contribution in [-0.4, -0.2) is 55.5 Å². The van der Waals surface area contributed by atoms with E-state index in [4.69, 9.17) is 11.6 Å². The van der Waals surface area contributed by atoms with E-state index in [1.54, 1.807) is 0 Å². The lowest BCUT2D eigenvalue weighted by Gasteiger charge is -2.32. The highest BCUT2D eigenvalue weighted by atomic mass is 35.5. The van der Waals surface area contributed by atoms with Crippen molar-refractivity contribution in [3.63, 3.8) is 0 Å². The molecule has 1 N–H and O–H groups in total. The quantitative estimate of drug-likeness (QED) is 0.905. The largest absolute Gasteiger partial charge is 0.339 e. The first-order valence-electron chi connectivity index (χ1n) is 7.56. The molecular weight excluding hydrogens is 286 g/mol. The van der Waals surface area contributed by atoms with Gasteiger partial charge in [-0.25, -0.2) is 0 Å². The molecule has 0 saturated carbocycles. The molecule has 1 aromatic carbocycles. The summed E-state index contributed by atoms with van der Waals surface area (Å²) in [4.78, 5) is 16.4. The summed E-state index contributed by atoms with van der Waals surface area (Å²) in [5.41, 5.74) is 1.21. The highest BCUT2D eigenvalue weighted by Crippen LogP contribution is 2.24. The molecule has 0 spiro atoms. The van der Waals surface area contributed by atoms with E-state index in [0.29, 0.717) is 6.54 Å². The zero-order chi connectivity index (χ0) is 15.2. The van der Waals surface area contributed by atoms with Crippen LogP contribution in [0.3, 0.4) is 0 Å². The van der Waals surface area contributed by atoms with Crippen molar-refractivity contribution in [2.75, 3.05) is 39.8 Å². The van der Waals surface area contributed by atoms with Gasteiger partial charge in [-0.3, -0.25) is 9.69 Å². The second-order valence-corrected chi connectivity index (χ2v) is 5.96. The maximum absolute atomic E-state index is 12.3. The number of nitrogens with zero attached hydrogens (tertiary/aromatic N) is 2. The highest BCUT2D eigenvalue weighted by molar-refractivity contribution is 6.30. The Labute approximate surface area is 132 Å². The lowest BCUT2D eigenvalue weighted by molar-refractivity contribution is -0.133. The van der Waals surface area contributed by atoms with Gasteiger partial charge in [-0.15, -0.1) is 0 Å². The third kappa shape index (κ3) is 4.43. The average Bonchev–Trinajstić information content (AvgIpc) is 2.50. The number of halogens is 1. The van der Waals surface area contributed by atoms with Crippen molar-refractivity contribution in [2.24, 2.45) is 0 Å². The summed E-state index contributed by atoms with van der Waals surface area (Å²) in [7, 11) is 2.02. The monoisotopic (exact) mass is 309 g/mol. The molecule has 1 aromatic rings. The first-order chi connectivity index (χ1) is 10.1. The molecule has 2 rings (SSSR count). The number of hydrogen-bond donors (Lipinski definition) is 1.